The molecule has 0 atom stereocenters. The fraction of sp³-hybridized carbons (Fsp3) is 0.267. The molecule has 0 saturated carbocycles. The molecule has 3 nitrogen and oxygen atoms in total. The number of aromatic nitrogens is 1. The summed E-state index contributed by atoms with van der Waals surface area (Å²) in [5.74, 6) is 1.42. The predicted octanol–water partition coefficient (Wildman–Crippen LogP) is 4.67. The standard InChI is InChI=1S/C15H15BrN2O/c1-2-3-8-11-13(16)12-9-6-4-5-7-10(9)18-15(17)14(12)19-11/h4-7H,2-3,8H2,1H3,(H2,17,18). The Balaban J connectivity index is 2.33. The van der Waals surface area contributed by atoms with Gasteiger partial charge in [0.2, 0.25) is 0 Å². The second-order valence-electron chi connectivity index (χ2n) is 4.66. The third-order valence-electron chi connectivity index (χ3n) is 3.32. The molecule has 0 saturated heterocycles. The lowest BCUT2D eigenvalue weighted by molar-refractivity contribution is 0.534. The van der Waals surface area contributed by atoms with Gasteiger partial charge >= 0.3 is 0 Å². The molecule has 3 aromatic rings. The van der Waals surface area contributed by atoms with Crippen LogP contribution in [0.3, 0.4) is 0 Å². The summed E-state index contributed by atoms with van der Waals surface area (Å²) in [6.45, 7) is 2.17. The highest BCUT2D eigenvalue weighted by atomic mass is 79.9. The van der Waals surface area contributed by atoms with E-state index in [-0.39, 0.29) is 0 Å². The molecule has 2 heterocycles. The Kier molecular flexibility index (Phi) is 3.19. The summed E-state index contributed by atoms with van der Waals surface area (Å²) >= 11 is 3.66. The number of benzene rings is 1. The summed E-state index contributed by atoms with van der Waals surface area (Å²) < 4.78 is 6.92. The van der Waals surface area contributed by atoms with E-state index < -0.39 is 0 Å². The van der Waals surface area contributed by atoms with Crippen molar-refractivity contribution in [3.05, 3.63) is 34.5 Å². The number of hydrogen-bond acceptors (Lipinski definition) is 3. The Bertz CT molecular complexity index is 749. The number of nitrogens with two attached hydrogens (primary N) is 1. The van der Waals surface area contributed by atoms with Gasteiger partial charge in [-0.3, -0.25) is 0 Å². The fourth-order valence-corrected chi connectivity index (χ4v) is 3.01. The van der Waals surface area contributed by atoms with E-state index in [0.717, 1.165) is 45.8 Å². The maximum Gasteiger partial charge on any atom is 0.178 e. The monoisotopic (exact) mass is 318 g/mol. The minimum absolute atomic E-state index is 0.456. The van der Waals surface area contributed by atoms with Crippen molar-refractivity contribution in [3.8, 4) is 0 Å². The normalized spacial score (nSPS) is 11.5. The highest BCUT2D eigenvalue weighted by Crippen LogP contribution is 2.38. The molecule has 0 bridgehead atoms. The van der Waals surface area contributed by atoms with Gasteiger partial charge in [0.25, 0.3) is 0 Å². The van der Waals surface area contributed by atoms with Crippen LogP contribution in [0.25, 0.3) is 21.9 Å². The molecule has 0 radical (unpaired) electrons. The zero-order valence-electron chi connectivity index (χ0n) is 10.7. The molecule has 0 fully saturated rings. The number of nitrogen functional groups attached to an aromatic ring is 1. The fourth-order valence-electron chi connectivity index (χ4n) is 2.34. The first-order chi connectivity index (χ1) is 9.22. The van der Waals surface area contributed by atoms with Gasteiger partial charge in [0.1, 0.15) is 5.76 Å². The van der Waals surface area contributed by atoms with Crippen molar-refractivity contribution < 1.29 is 4.42 Å². The van der Waals surface area contributed by atoms with Crippen molar-refractivity contribution >= 4 is 43.6 Å². The molecule has 0 unspecified atom stereocenters. The highest BCUT2D eigenvalue weighted by Gasteiger charge is 2.17. The number of anilines is 1. The molecule has 98 valence electrons. The van der Waals surface area contributed by atoms with E-state index in [1.807, 2.05) is 24.3 Å². The smallest absolute Gasteiger partial charge is 0.178 e. The SMILES string of the molecule is CCCCc1oc2c(N)nc3ccccc3c2c1Br. The Morgan fingerprint density at radius 3 is 2.89 bits per heavy atom. The van der Waals surface area contributed by atoms with Crippen molar-refractivity contribution in [2.45, 2.75) is 26.2 Å². The first-order valence-electron chi connectivity index (χ1n) is 6.47. The maximum atomic E-state index is 6.01. The van der Waals surface area contributed by atoms with Gasteiger partial charge in [-0.1, -0.05) is 31.5 Å². The van der Waals surface area contributed by atoms with Gasteiger partial charge in [-0.25, -0.2) is 4.98 Å². The van der Waals surface area contributed by atoms with Gasteiger partial charge in [-0.05, 0) is 28.4 Å². The second kappa shape index (κ2) is 4.85. The Morgan fingerprint density at radius 1 is 1.32 bits per heavy atom. The van der Waals surface area contributed by atoms with E-state index in [0.29, 0.717) is 11.4 Å². The second-order valence-corrected chi connectivity index (χ2v) is 5.45. The van der Waals surface area contributed by atoms with E-state index in [9.17, 15) is 0 Å². The average molecular weight is 319 g/mol. The van der Waals surface area contributed by atoms with Crippen molar-refractivity contribution in [1.82, 2.24) is 4.98 Å². The molecular formula is C15H15BrN2O. The maximum absolute atomic E-state index is 6.01. The van der Waals surface area contributed by atoms with Gasteiger partial charge in [-0.15, -0.1) is 0 Å². The van der Waals surface area contributed by atoms with E-state index >= 15 is 0 Å². The summed E-state index contributed by atoms with van der Waals surface area (Å²) in [4.78, 5) is 4.40. The third kappa shape index (κ3) is 2.00. The number of aryl methyl sites for hydroxylation is 1. The number of fused-ring (bicyclic) bond motifs is 3. The number of hydrogen-bond donors (Lipinski definition) is 1. The molecule has 3 rings (SSSR count). The lowest BCUT2D eigenvalue weighted by atomic mass is 10.1. The van der Waals surface area contributed by atoms with Crippen LogP contribution >= 0.6 is 15.9 Å². The van der Waals surface area contributed by atoms with Crippen LogP contribution in [0.1, 0.15) is 25.5 Å². The minimum Gasteiger partial charge on any atom is -0.456 e. The lowest BCUT2D eigenvalue weighted by Crippen LogP contribution is -1.91. The Hall–Kier alpha value is -1.55. The first kappa shape index (κ1) is 12.5. The summed E-state index contributed by atoms with van der Waals surface area (Å²) in [7, 11) is 0. The molecule has 4 heteroatoms. The zero-order valence-corrected chi connectivity index (χ0v) is 12.3. The molecule has 0 aliphatic rings. The van der Waals surface area contributed by atoms with E-state index in [1.165, 1.54) is 0 Å². The molecule has 0 aliphatic carbocycles. The lowest BCUT2D eigenvalue weighted by Gasteiger charge is -2.00. The predicted molar refractivity (Wildman–Crippen MR) is 82.2 cm³/mol. The third-order valence-corrected chi connectivity index (χ3v) is 4.16. The molecule has 0 aliphatic heterocycles. The van der Waals surface area contributed by atoms with Crippen molar-refractivity contribution in [3.63, 3.8) is 0 Å². The van der Waals surface area contributed by atoms with Gasteiger partial charge in [0.15, 0.2) is 11.4 Å². The van der Waals surface area contributed by atoms with Crippen molar-refractivity contribution in [1.29, 1.82) is 0 Å². The molecular weight excluding hydrogens is 304 g/mol. The summed E-state index contributed by atoms with van der Waals surface area (Å²) in [6, 6.07) is 7.99. The van der Waals surface area contributed by atoms with Crippen LogP contribution in [-0.4, -0.2) is 4.98 Å². The number of rotatable bonds is 3. The largest absolute Gasteiger partial charge is 0.456 e. The van der Waals surface area contributed by atoms with Gasteiger partial charge in [0, 0.05) is 17.2 Å². The van der Waals surface area contributed by atoms with Crippen LogP contribution in [0.15, 0.2) is 33.2 Å². The first-order valence-corrected chi connectivity index (χ1v) is 7.26. The highest BCUT2D eigenvalue weighted by molar-refractivity contribution is 9.10. The average Bonchev–Trinajstić information content (AvgIpc) is 2.75. The molecule has 2 aromatic heterocycles. The Morgan fingerprint density at radius 2 is 2.11 bits per heavy atom. The van der Waals surface area contributed by atoms with Crippen LogP contribution in [0, 0.1) is 0 Å². The number of unbranched alkanes of at least 4 members (excludes halogenated alkanes) is 1. The number of halogens is 1. The van der Waals surface area contributed by atoms with E-state index in [4.69, 9.17) is 10.2 Å². The van der Waals surface area contributed by atoms with Crippen LogP contribution in [-0.2, 0) is 6.42 Å². The Labute approximate surface area is 119 Å². The molecule has 2 N–H and O–H groups in total. The number of para-hydroxylation sites is 1. The van der Waals surface area contributed by atoms with E-state index in [1.54, 1.807) is 0 Å². The van der Waals surface area contributed by atoms with Crippen molar-refractivity contribution in [2.24, 2.45) is 0 Å². The van der Waals surface area contributed by atoms with Gasteiger partial charge in [-0.2, -0.15) is 0 Å². The van der Waals surface area contributed by atoms with Crippen LogP contribution in [0.4, 0.5) is 5.82 Å². The molecule has 1 aromatic carbocycles. The zero-order chi connectivity index (χ0) is 13.4. The van der Waals surface area contributed by atoms with E-state index in [2.05, 4.69) is 27.8 Å². The minimum atomic E-state index is 0.456. The van der Waals surface area contributed by atoms with Crippen molar-refractivity contribution in [2.75, 3.05) is 5.73 Å². The molecule has 0 spiro atoms. The number of nitrogens with zero attached hydrogens (tertiary/aromatic N) is 1. The quantitative estimate of drug-likeness (QED) is 0.763. The van der Waals surface area contributed by atoms with Crippen LogP contribution in [0.2, 0.25) is 0 Å². The summed E-state index contributed by atoms with van der Waals surface area (Å²) in [5.41, 5.74) is 7.60. The number of furan rings is 1. The number of pyridine rings is 1. The molecule has 0 amide bonds. The van der Waals surface area contributed by atoms with Gasteiger partial charge < -0.3 is 10.2 Å². The summed E-state index contributed by atoms with van der Waals surface area (Å²) in [6.07, 6.45) is 3.15. The topological polar surface area (TPSA) is 52.0 Å². The molecule has 19 heavy (non-hydrogen) atoms. The van der Waals surface area contributed by atoms with Crippen LogP contribution in [0.5, 0.6) is 0 Å². The van der Waals surface area contributed by atoms with Gasteiger partial charge in [0.05, 0.1) is 9.99 Å². The van der Waals surface area contributed by atoms with Crippen LogP contribution < -0.4 is 5.73 Å². The summed E-state index contributed by atoms with van der Waals surface area (Å²) in [5, 5.41) is 2.11.